The smallest absolute Gasteiger partial charge is 0.129 e. The summed E-state index contributed by atoms with van der Waals surface area (Å²) >= 11 is 0. The van der Waals surface area contributed by atoms with Crippen LogP contribution >= 0.6 is 0 Å². The molecule has 0 aliphatic carbocycles. The van der Waals surface area contributed by atoms with Crippen molar-refractivity contribution in [2.45, 2.75) is 6.04 Å². The van der Waals surface area contributed by atoms with Gasteiger partial charge < -0.3 is 20.9 Å². The first kappa shape index (κ1) is 9.05. The Hall–Kier alpha value is -1.52. The average Bonchev–Trinajstić information content (AvgIpc) is 2.66. The van der Waals surface area contributed by atoms with Crippen molar-refractivity contribution in [3.05, 3.63) is 30.0 Å². The molecular formula is C10H12N2O2. The van der Waals surface area contributed by atoms with Gasteiger partial charge in [-0.15, -0.1) is 0 Å². The molecule has 2 aromatic rings. The van der Waals surface area contributed by atoms with Crippen molar-refractivity contribution in [3.8, 4) is 5.75 Å². The van der Waals surface area contributed by atoms with E-state index in [1.165, 1.54) is 0 Å². The molecule has 0 radical (unpaired) electrons. The Morgan fingerprint density at radius 2 is 2.14 bits per heavy atom. The molecule has 0 bridgehead atoms. The third-order valence-electron chi connectivity index (χ3n) is 2.33. The van der Waals surface area contributed by atoms with Crippen LogP contribution < -0.4 is 5.73 Å². The zero-order valence-electron chi connectivity index (χ0n) is 7.57. The van der Waals surface area contributed by atoms with Gasteiger partial charge in [-0.3, -0.25) is 0 Å². The third-order valence-corrected chi connectivity index (χ3v) is 2.33. The number of nitrogens with one attached hydrogen (secondary N) is 1. The van der Waals surface area contributed by atoms with Crippen LogP contribution in [0.2, 0.25) is 0 Å². The van der Waals surface area contributed by atoms with Crippen LogP contribution in [0, 0.1) is 0 Å². The first-order chi connectivity index (χ1) is 6.74. The lowest BCUT2D eigenvalue weighted by atomic mass is 10.0. The summed E-state index contributed by atoms with van der Waals surface area (Å²) in [5.41, 5.74) is 7.06. The SMILES string of the molecule is N[C@@H](CO)c1ccc2[nH]ccc2c1O. The number of aromatic hydroxyl groups is 1. The quantitative estimate of drug-likeness (QED) is 0.569. The van der Waals surface area contributed by atoms with E-state index in [1.54, 1.807) is 18.3 Å². The van der Waals surface area contributed by atoms with Gasteiger partial charge in [0.25, 0.3) is 0 Å². The maximum Gasteiger partial charge on any atom is 0.129 e. The highest BCUT2D eigenvalue weighted by Gasteiger charge is 2.12. The van der Waals surface area contributed by atoms with Gasteiger partial charge in [0.15, 0.2) is 0 Å². The number of aromatic nitrogens is 1. The van der Waals surface area contributed by atoms with Crippen LogP contribution in [-0.2, 0) is 0 Å². The zero-order valence-corrected chi connectivity index (χ0v) is 7.57. The fourth-order valence-corrected chi connectivity index (χ4v) is 1.53. The second-order valence-corrected chi connectivity index (χ2v) is 3.23. The molecule has 2 rings (SSSR count). The van der Waals surface area contributed by atoms with Gasteiger partial charge in [0.2, 0.25) is 0 Å². The maximum absolute atomic E-state index is 9.83. The second kappa shape index (κ2) is 3.32. The van der Waals surface area contributed by atoms with Gasteiger partial charge in [-0.25, -0.2) is 0 Å². The van der Waals surface area contributed by atoms with E-state index in [-0.39, 0.29) is 12.4 Å². The fourth-order valence-electron chi connectivity index (χ4n) is 1.53. The molecule has 4 nitrogen and oxygen atoms in total. The third kappa shape index (κ3) is 1.25. The lowest BCUT2D eigenvalue weighted by Crippen LogP contribution is -2.14. The van der Waals surface area contributed by atoms with Gasteiger partial charge in [0, 0.05) is 22.7 Å². The Morgan fingerprint density at radius 1 is 1.36 bits per heavy atom. The normalized spacial score (nSPS) is 13.3. The number of benzene rings is 1. The van der Waals surface area contributed by atoms with E-state index in [1.807, 2.05) is 6.07 Å². The van der Waals surface area contributed by atoms with E-state index < -0.39 is 6.04 Å². The lowest BCUT2D eigenvalue weighted by molar-refractivity contribution is 0.265. The molecule has 74 valence electrons. The van der Waals surface area contributed by atoms with Crippen molar-refractivity contribution in [2.75, 3.05) is 6.61 Å². The maximum atomic E-state index is 9.83. The van der Waals surface area contributed by atoms with Crippen molar-refractivity contribution in [1.29, 1.82) is 0 Å². The number of hydrogen-bond donors (Lipinski definition) is 4. The molecule has 14 heavy (non-hydrogen) atoms. The molecular weight excluding hydrogens is 180 g/mol. The zero-order chi connectivity index (χ0) is 10.1. The molecule has 0 saturated heterocycles. The van der Waals surface area contributed by atoms with Crippen molar-refractivity contribution in [2.24, 2.45) is 5.73 Å². The molecule has 1 atom stereocenters. The largest absolute Gasteiger partial charge is 0.507 e. The number of rotatable bonds is 2. The molecule has 0 aliphatic heterocycles. The van der Waals surface area contributed by atoms with E-state index >= 15 is 0 Å². The summed E-state index contributed by atoms with van der Waals surface area (Å²) in [4.78, 5) is 2.98. The van der Waals surface area contributed by atoms with E-state index in [9.17, 15) is 5.11 Å². The van der Waals surface area contributed by atoms with Crippen LogP contribution in [0.4, 0.5) is 0 Å². The molecule has 1 aromatic carbocycles. The molecule has 1 heterocycles. The van der Waals surface area contributed by atoms with Gasteiger partial charge in [-0.1, -0.05) is 6.07 Å². The standard InChI is InChI=1S/C10H12N2O2/c11-8(5-13)6-1-2-9-7(10(6)14)3-4-12-9/h1-4,8,12-14H,5,11H2/t8-/m0/s1. The van der Waals surface area contributed by atoms with Gasteiger partial charge in [0.05, 0.1) is 12.6 Å². The van der Waals surface area contributed by atoms with Gasteiger partial charge in [-0.05, 0) is 12.1 Å². The van der Waals surface area contributed by atoms with Crippen LogP contribution in [-0.4, -0.2) is 21.8 Å². The Labute approximate surface area is 81.0 Å². The molecule has 0 saturated carbocycles. The number of H-pyrrole nitrogens is 1. The summed E-state index contributed by atoms with van der Waals surface area (Å²) in [6.07, 6.45) is 1.75. The molecule has 0 fully saturated rings. The number of hydrogen-bond acceptors (Lipinski definition) is 3. The number of fused-ring (bicyclic) bond motifs is 1. The molecule has 0 unspecified atom stereocenters. The Bertz CT molecular complexity index is 450. The molecule has 5 N–H and O–H groups in total. The molecule has 0 aliphatic rings. The monoisotopic (exact) mass is 192 g/mol. The van der Waals surface area contributed by atoms with Crippen molar-refractivity contribution < 1.29 is 10.2 Å². The first-order valence-electron chi connectivity index (χ1n) is 4.39. The van der Waals surface area contributed by atoms with Gasteiger partial charge in [0.1, 0.15) is 5.75 Å². The summed E-state index contributed by atoms with van der Waals surface area (Å²) in [6.45, 7) is -0.177. The van der Waals surface area contributed by atoms with Crippen molar-refractivity contribution in [3.63, 3.8) is 0 Å². The predicted octanol–water partition coefficient (Wildman–Crippen LogP) is 0.866. The summed E-state index contributed by atoms with van der Waals surface area (Å²) in [5.74, 6) is 0.144. The molecule has 1 aromatic heterocycles. The van der Waals surface area contributed by atoms with E-state index in [4.69, 9.17) is 10.8 Å². The second-order valence-electron chi connectivity index (χ2n) is 3.23. The lowest BCUT2D eigenvalue weighted by Gasteiger charge is -2.10. The van der Waals surface area contributed by atoms with Crippen molar-refractivity contribution in [1.82, 2.24) is 4.98 Å². The van der Waals surface area contributed by atoms with Gasteiger partial charge >= 0.3 is 0 Å². The summed E-state index contributed by atoms with van der Waals surface area (Å²) < 4.78 is 0. The van der Waals surface area contributed by atoms with Crippen LogP contribution in [0.25, 0.3) is 10.9 Å². The van der Waals surface area contributed by atoms with E-state index in [0.717, 1.165) is 10.9 Å². The number of phenols is 1. The number of aliphatic hydroxyl groups excluding tert-OH is 1. The number of aliphatic hydroxyl groups is 1. The summed E-state index contributed by atoms with van der Waals surface area (Å²) in [5, 5.41) is 19.4. The first-order valence-corrected chi connectivity index (χ1v) is 4.39. The predicted molar refractivity (Wildman–Crippen MR) is 54.0 cm³/mol. The summed E-state index contributed by atoms with van der Waals surface area (Å²) in [6, 6.07) is 4.79. The van der Waals surface area contributed by atoms with E-state index in [2.05, 4.69) is 4.98 Å². The van der Waals surface area contributed by atoms with Crippen molar-refractivity contribution >= 4 is 10.9 Å². The molecule has 0 spiro atoms. The van der Waals surface area contributed by atoms with Crippen LogP contribution in [0.1, 0.15) is 11.6 Å². The number of phenolic OH excluding ortho intramolecular Hbond substituents is 1. The van der Waals surface area contributed by atoms with Crippen LogP contribution in [0.5, 0.6) is 5.75 Å². The highest BCUT2D eigenvalue weighted by atomic mass is 16.3. The highest BCUT2D eigenvalue weighted by Crippen LogP contribution is 2.30. The Kier molecular flexibility index (Phi) is 2.15. The minimum atomic E-state index is -0.533. The summed E-state index contributed by atoms with van der Waals surface area (Å²) in [7, 11) is 0. The fraction of sp³-hybridized carbons (Fsp3) is 0.200. The van der Waals surface area contributed by atoms with Crippen LogP contribution in [0.15, 0.2) is 24.4 Å². The van der Waals surface area contributed by atoms with Crippen LogP contribution in [0.3, 0.4) is 0 Å². The minimum absolute atomic E-state index is 0.144. The highest BCUT2D eigenvalue weighted by molar-refractivity contribution is 5.87. The molecule has 0 amide bonds. The minimum Gasteiger partial charge on any atom is -0.507 e. The van der Waals surface area contributed by atoms with Gasteiger partial charge in [-0.2, -0.15) is 0 Å². The molecule has 4 heteroatoms. The number of aromatic amines is 1. The van der Waals surface area contributed by atoms with E-state index in [0.29, 0.717) is 5.56 Å². The Balaban J connectivity index is 2.61. The average molecular weight is 192 g/mol. The Morgan fingerprint density at radius 3 is 2.86 bits per heavy atom. The number of nitrogens with two attached hydrogens (primary N) is 1. The topological polar surface area (TPSA) is 82.3 Å².